The molecule has 0 aromatic heterocycles. The Morgan fingerprint density at radius 2 is 1.90 bits per heavy atom. The van der Waals surface area contributed by atoms with Crippen LogP contribution in [0.4, 0.5) is 5.69 Å². The van der Waals surface area contributed by atoms with Crippen LogP contribution in [-0.4, -0.2) is 25.0 Å². The summed E-state index contributed by atoms with van der Waals surface area (Å²) < 4.78 is 5.19. The molecule has 0 spiro atoms. The molecule has 6 heteroatoms. The van der Waals surface area contributed by atoms with Gasteiger partial charge in [-0.3, -0.25) is 9.59 Å². The topological polar surface area (TPSA) is 91.2 Å². The van der Waals surface area contributed by atoms with Crippen molar-refractivity contribution in [3.05, 3.63) is 65.2 Å². The molecule has 0 unspecified atom stereocenters. The lowest BCUT2D eigenvalue weighted by Crippen LogP contribution is -2.27. The number of ether oxygens (including phenoxy) is 1. The van der Waals surface area contributed by atoms with Gasteiger partial charge in [0.1, 0.15) is 11.8 Å². The van der Waals surface area contributed by atoms with Gasteiger partial charge in [0.15, 0.2) is 6.61 Å². The predicted octanol–water partition coefficient (Wildman–Crippen LogP) is 3.94. The maximum absolute atomic E-state index is 12.2. The smallest absolute Gasteiger partial charge is 0.251 e. The summed E-state index contributed by atoms with van der Waals surface area (Å²) in [6.07, 6.45) is 3.13. The predicted molar refractivity (Wildman–Crippen MR) is 114 cm³/mol. The van der Waals surface area contributed by atoms with Gasteiger partial charge in [-0.1, -0.05) is 26.0 Å². The van der Waals surface area contributed by atoms with Crippen molar-refractivity contribution in [2.75, 3.05) is 18.5 Å². The third-order valence-electron chi connectivity index (χ3n) is 4.03. The fourth-order valence-electron chi connectivity index (χ4n) is 2.48. The van der Waals surface area contributed by atoms with Crippen molar-refractivity contribution in [1.82, 2.24) is 5.32 Å². The lowest BCUT2D eigenvalue weighted by Gasteiger charge is -2.11. The molecule has 0 heterocycles. The number of nitriles is 1. The summed E-state index contributed by atoms with van der Waals surface area (Å²) >= 11 is 0. The molecule has 0 fully saturated rings. The first-order chi connectivity index (χ1) is 13.9. The third-order valence-corrected chi connectivity index (χ3v) is 4.03. The van der Waals surface area contributed by atoms with E-state index in [1.165, 1.54) is 6.08 Å². The maximum atomic E-state index is 12.2. The van der Waals surface area contributed by atoms with Crippen LogP contribution in [-0.2, 0) is 4.79 Å². The highest BCUT2D eigenvalue weighted by Crippen LogP contribution is 2.17. The molecule has 0 aliphatic rings. The van der Waals surface area contributed by atoms with Gasteiger partial charge in [0.25, 0.3) is 5.91 Å². The van der Waals surface area contributed by atoms with Crippen LogP contribution in [0.3, 0.4) is 0 Å². The number of anilines is 1. The molecule has 0 bridgehead atoms. The number of nitrogens with one attached hydrogen (secondary N) is 2. The van der Waals surface area contributed by atoms with Crippen molar-refractivity contribution in [3.8, 4) is 11.8 Å². The quantitative estimate of drug-likeness (QED) is 0.667. The van der Waals surface area contributed by atoms with Gasteiger partial charge in [-0.25, -0.2) is 0 Å². The Morgan fingerprint density at radius 3 is 2.52 bits per heavy atom. The molecule has 0 aliphatic carbocycles. The first-order valence-corrected chi connectivity index (χ1v) is 9.36. The van der Waals surface area contributed by atoms with Crippen LogP contribution in [0.5, 0.6) is 5.75 Å². The van der Waals surface area contributed by atoms with E-state index in [2.05, 4.69) is 10.6 Å². The molecule has 2 rings (SSSR count). The highest BCUT2D eigenvalue weighted by Gasteiger charge is 2.09. The van der Waals surface area contributed by atoms with Gasteiger partial charge in [0, 0.05) is 23.9 Å². The van der Waals surface area contributed by atoms with E-state index in [0.717, 1.165) is 11.1 Å². The van der Waals surface area contributed by atoms with Crippen molar-refractivity contribution in [1.29, 1.82) is 5.26 Å². The molecule has 29 heavy (non-hydrogen) atoms. The minimum absolute atomic E-state index is 0.00484. The number of carbonyl (C=O) groups is 2. The molecule has 2 N–H and O–H groups in total. The Labute approximate surface area is 171 Å². The van der Waals surface area contributed by atoms with E-state index in [1.54, 1.807) is 48.5 Å². The van der Waals surface area contributed by atoms with Gasteiger partial charge in [-0.2, -0.15) is 5.26 Å². The lowest BCUT2D eigenvalue weighted by molar-refractivity contribution is -0.111. The first kappa shape index (κ1) is 21.7. The second kappa shape index (κ2) is 10.7. The van der Waals surface area contributed by atoms with E-state index < -0.39 is 0 Å². The zero-order chi connectivity index (χ0) is 21.2. The average Bonchev–Trinajstić information content (AvgIpc) is 2.71. The number of hydrogen-bond donors (Lipinski definition) is 2. The zero-order valence-electron chi connectivity index (χ0n) is 16.9. The molecular formula is C23H25N3O3. The highest BCUT2D eigenvalue weighted by molar-refractivity contribution is 6.03. The summed E-state index contributed by atoms with van der Waals surface area (Å²) in [4.78, 5) is 24.3. The lowest BCUT2D eigenvalue weighted by atomic mass is 10.1. The minimum atomic E-state index is -0.269. The average molecular weight is 391 g/mol. The van der Waals surface area contributed by atoms with Crippen molar-refractivity contribution >= 4 is 23.6 Å². The number of amides is 2. The molecular weight excluding hydrogens is 366 g/mol. The van der Waals surface area contributed by atoms with Crippen LogP contribution < -0.4 is 15.4 Å². The van der Waals surface area contributed by atoms with E-state index in [1.807, 2.05) is 26.8 Å². The number of carbonyl (C=O) groups excluding carboxylic acids is 2. The second-order valence-corrected chi connectivity index (χ2v) is 6.97. The molecule has 0 saturated carbocycles. The Bertz CT molecular complexity index is 925. The summed E-state index contributed by atoms with van der Waals surface area (Å²) in [5.74, 6) is 0.588. The van der Waals surface area contributed by atoms with E-state index in [-0.39, 0.29) is 18.4 Å². The number of aryl methyl sites for hydroxylation is 1. The van der Waals surface area contributed by atoms with E-state index >= 15 is 0 Å². The standard InChI is InChI=1S/C23H25N3O3/c1-16(2)15-25-23(28)19-7-10-21(17(3)14-19)26-22(27)11-6-18-4-8-20(9-5-18)29-13-12-24/h4-11,14,16H,13,15H2,1-3H3,(H,25,28)(H,26,27)/b11-6+. The Kier molecular flexibility index (Phi) is 7.99. The Morgan fingerprint density at radius 1 is 1.17 bits per heavy atom. The van der Waals surface area contributed by atoms with Gasteiger partial charge < -0.3 is 15.4 Å². The zero-order valence-corrected chi connectivity index (χ0v) is 16.9. The van der Waals surface area contributed by atoms with E-state index in [0.29, 0.717) is 29.5 Å². The molecule has 0 saturated heterocycles. The first-order valence-electron chi connectivity index (χ1n) is 9.36. The van der Waals surface area contributed by atoms with Crippen LogP contribution in [0, 0.1) is 24.2 Å². The maximum Gasteiger partial charge on any atom is 0.251 e. The molecule has 0 radical (unpaired) electrons. The Hall–Kier alpha value is -3.59. The molecule has 150 valence electrons. The number of benzene rings is 2. The minimum Gasteiger partial charge on any atom is -0.479 e. The highest BCUT2D eigenvalue weighted by atomic mass is 16.5. The molecule has 0 atom stereocenters. The second-order valence-electron chi connectivity index (χ2n) is 6.97. The third kappa shape index (κ3) is 7.15. The van der Waals surface area contributed by atoms with Crippen molar-refractivity contribution < 1.29 is 14.3 Å². The summed E-state index contributed by atoms with van der Waals surface area (Å²) in [7, 11) is 0. The fraction of sp³-hybridized carbons (Fsp3) is 0.261. The SMILES string of the molecule is Cc1cc(C(=O)NCC(C)C)ccc1NC(=O)/C=C/c1ccc(OCC#N)cc1. The number of hydrogen-bond acceptors (Lipinski definition) is 4. The molecule has 0 aliphatic heterocycles. The summed E-state index contributed by atoms with van der Waals surface area (Å²) in [5, 5.41) is 14.2. The molecule has 2 aromatic carbocycles. The van der Waals surface area contributed by atoms with Crippen LogP contribution in [0.25, 0.3) is 6.08 Å². The van der Waals surface area contributed by atoms with E-state index in [9.17, 15) is 9.59 Å². The summed E-state index contributed by atoms with van der Waals surface area (Å²) in [6, 6.07) is 14.2. The summed E-state index contributed by atoms with van der Waals surface area (Å²) in [5.41, 5.74) is 2.86. The molecule has 2 aromatic rings. The molecule has 6 nitrogen and oxygen atoms in total. The monoisotopic (exact) mass is 391 g/mol. The Balaban J connectivity index is 1.95. The fourth-order valence-corrected chi connectivity index (χ4v) is 2.48. The largest absolute Gasteiger partial charge is 0.479 e. The van der Waals surface area contributed by atoms with Gasteiger partial charge >= 0.3 is 0 Å². The van der Waals surface area contributed by atoms with Crippen LogP contribution in [0.15, 0.2) is 48.5 Å². The van der Waals surface area contributed by atoms with Crippen LogP contribution >= 0.6 is 0 Å². The van der Waals surface area contributed by atoms with Gasteiger partial charge in [-0.05, 0) is 60.4 Å². The normalized spacial score (nSPS) is 10.6. The molecule has 2 amide bonds. The number of rotatable bonds is 8. The van der Waals surface area contributed by atoms with E-state index in [4.69, 9.17) is 10.00 Å². The number of nitrogens with zero attached hydrogens (tertiary/aromatic N) is 1. The summed E-state index contributed by atoms with van der Waals surface area (Å²) in [6.45, 7) is 6.53. The van der Waals surface area contributed by atoms with Crippen LogP contribution in [0.2, 0.25) is 0 Å². The van der Waals surface area contributed by atoms with Gasteiger partial charge in [0.2, 0.25) is 5.91 Å². The van der Waals surface area contributed by atoms with Gasteiger partial charge in [-0.15, -0.1) is 0 Å². The van der Waals surface area contributed by atoms with Crippen molar-refractivity contribution in [3.63, 3.8) is 0 Å². The van der Waals surface area contributed by atoms with Crippen LogP contribution in [0.1, 0.15) is 35.3 Å². The van der Waals surface area contributed by atoms with Crippen molar-refractivity contribution in [2.45, 2.75) is 20.8 Å². The van der Waals surface area contributed by atoms with Crippen molar-refractivity contribution in [2.24, 2.45) is 5.92 Å². The van der Waals surface area contributed by atoms with Gasteiger partial charge in [0.05, 0.1) is 0 Å².